The maximum absolute atomic E-state index is 6.00. The summed E-state index contributed by atoms with van der Waals surface area (Å²) in [5, 5.41) is 3.89. The van der Waals surface area contributed by atoms with Crippen molar-refractivity contribution in [1.82, 2.24) is 10.3 Å². The van der Waals surface area contributed by atoms with E-state index in [1.54, 1.807) is 6.20 Å². The Morgan fingerprint density at radius 2 is 2.44 bits per heavy atom. The van der Waals surface area contributed by atoms with Crippen LogP contribution in [0.15, 0.2) is 12.3 Å². The molecule has 88 valence electrons. The lowest BCUT2D eigenvalue weighted by atomic mass is 10.1. The number of ether oxygens (including phenoxy) is 1. The zero-order chi connectivity index (χ0) is 11.4. The minimum Gasteiger partial charge on any atom is -0.490 e. The third kappa shape index (κ3) is 2.86. The molecule has 1 aliphatic heterocycles. The first-order chi connectivity index (χ1) is 7.79. The van der Waals surface area contributed by atoms with Gasteiger partial charge in [0, 0.05) is 6.04 Å². The van der Waals surface area contributed by atoms with E-state index in [9.17, 15) is 0 Å². The number of pyridine rings is 1. The molecule has 4 heteroatoms. The van der Waals surface area contributed by atoms with Crippen molar-refractivity contribution in [2.75, 3.05) is 13.2 Å². The van der Waals surface area contributed by atoms with Gasteiger partial charge in [0.15, 0.2) is 0 Å². The topological polar surface area (TPSA) is 34.1 Å². The SMILES string of the molecule is CCCc1cc(OCC2CCN2)cnc1Cl. The number of aromatic nitrogens is 1. The molecule has 2 heterocycles. The van der Waals surface area contributed by atoms with Crippen molar-refractivity contribution in [2.45, 2.75) is 32.2 Å². The van der Waals surface area contributed by atoms with Crippen molar-refractivity contribution in [1.29, 1.82) is 0 Å². The van der Waals surface area contributed by atoms with E-state index < -0.39 is 0 Å². The van der Waals surface area contributed by atoms with Crippen LogP contribution in [0, 0.1) is 0 Å². The molecule has 1 fully saturated rings. The van der Waals surface area contributed by atoms with E-state index in [4.69, 9.17) is 16.3 Å². The fourth-order valence-electron chi connectivity index (χ4n) is 1.68. The Morgan fingerprint density at radius 1 is 1.62 bits per heavy atom. The van der Waals surface area contributed by atoms with Gasteiger partial charge < -0.3 is 10.1 Å². The minimum atomic E-state index is 0.505. The van der Waals surface area contributed by atoms with E-state index in [1.165, 1.54) is 6.42 Å². The van der Waals surface area contributed by atoms with E-state index in [2.05, 4.69) is 17.2 Å². The second-order valence-electron chi connectivity index (χ2n) is 4.12. The molecule has 1 unspecified atom stereocenters. The lowest BCUT2D eigenvalue weighted by Gasteiger charge is -2.27. The predicted molar refractivity (Wildman–Crippen MR) is 65.1 cm³/mol. The molecule has 2 rings (SSSR count). The number of aryl methyl sites for hydroxylation is 1. The van der Waals surface area contributed by atoms with Crippen molar-refractivity contribution in [3.05, 3.63) is 23.0 Å². The summed E-state index contributed by atoms with van der Waals surface area (Å²) in [4.78, 5) is 4.14. The normalized spacial score (nSPS) is 19.2. The van der Waals surface area contributed by atoms with Crippen molar-refractivity contribution in [3.63, 3.8) is 0 Å². The molecule has 1 atom stereocenters. The molecule has 1 aliphatic rings. The van der Waals surface area contributed by atoms with E-state index in [-0.39, 0.29) is 0 Å². The summed E-state index contributed by atoms with van der Waals surface area (Å²) in [6.45, 7) is 3.95. The zero-order valence-corrected chi connectivity index (χ0v) is 10.3. The third-order valence-electron chi connectivity index (χ3n) is 2.78. The number of nitrogens with one attached hydrogen (secondary N) is 1. The molecule has 1 aromatic rings. The van der Waals surface area contributed by atoms with Gasteiger partial charge in [-0.25, -0.2) is 4.98 Å². The number of halogens is 1. The zero-order valence-electron chi connectivity index (χ0n) is 9.50. The first kappa shape index (κ1) is 11.7. The Balaban J connectivity index is 1.94. The van der Waals surface area contributed by atoms with Crippen molar-refractivity contribution >= 4 is 11.6 Å². The predicted octanol–water partition coefficient (Wildman–Crippen LogP) is 2.43. The largest absolute Gasteiger partial charge is 0.490 e. The second-order valence-corrected chi connectivity index (χ2v) is 4.48. The average molecular weight is 241 g/mol. The quantitative estimate of drug-likeness (QED) is 0.803. The van der Waals surface area contributed by atoms with Gasteiger partial charge in [0.1, 0.15) is 17.5 Å². The summed E-state index contributed by atoms with van der Waals surface area (Å²) in [6.07, 6.45) is 4.91. The molecule has 0 saturated carbocycles. The molecule has 3 nitrogen and oxygen atoms in total. The van der Waals surface area contributed by atoms with Crippen LogP contribution in [0.25, 0.3) is 0 Å². The summed E-state index contributed by atoms with van der Waals surface area (Å²) in [7, 11) is 0. The summed E-state index contributed by atoms with van der Waals surface area (Å²) < 4.78 is 5.67. The van der Waals surface area contributed by atoms with E-state index >= 15 is 0 Å². The highest BCUT2D eigenvalue weighted by molar-refractivity contribution is 6.30. The Labute approximate surface area is 101 Å². The maximum Gasteiger partial charge on any atom is 0.138 e. The van der Waals surface area contributed by atoms with E-state index in [0.717, 1.165) is 37.3 Å². The van der Waals surface area contributed by atoms with Crippen LogP contribution in [0.4, 0.5) is 0 Å². The number of rotatable bonds is 5. The highest BCUT2D eigenvalue weighted by Crippen LogP contribution is 2.21. The molecule has 0 aromatic carbocycles. The average Bonchev–Trinajstić information content (AvgIpc) is 2.21. The van der Waals surface area contributed by atoms with Crippen molar-refractivity contribution in [2.24, 2.45) is 0 Å². The summed E-state index contributed by atoms with van der Waals surface area (Å²) in [5.74, 6) is 0.821. The summed E-state index contributed by atoms with van der Waals surface area (Å²) in [5.41, 5.74) is 1.07. The number of hydrogen-bond acceptors (Lipinski definition) is 3. The molecule has 0 spiro atoms. The lowest BCUT2D eigenvalue weighted by Crippen LogP contribution is -2.46. The highest BCUT2D eigenvalue weighted by Gasteiger charge is 2.16. The fraction of sp³-hybridized carbons (Fsp3) is 0.583. The van der Waals surface area contributed by atoms with Gasteiger partial charge >= 0.3 is 0 Å². The summed E-state index contributed by atoms with van der Waals surface area (Å²) >= 11 is 6.00. The lowest BCUT2D eigenvalue weighted by molar-refractivity contribution is 0.217. The Morgan fingerprint density at radius 3 is 3.06 bits per heavy atom. The molecule has 1 N–H and O–H groups in total. The molecular weight excluding hydrogens is 224 g/mol. The van der Waals surface area contributed by atoms with Crippen LogP contribution in [-0.4, -0.2) is 24.2 Å². The molecule has 0 aliphatic carbocycles. The smallest absolute Gasteiger partial charge is 0.138 e. The van der Waals surface area contributed by atoms with Crippen LogP contribution >= 0.6 is 11.6 Å². The van der Waals surface area contributed by atoms with Crippen LogP contribution in [-0.2, 0) is 6.42 Å². The highest BCUT2D eigenvalue weighted by atomic mass is 35.5. The molecule has 1 saturated heterocycles. The third-order valence-corrected chi connectivity index (χ3v) is 3.12. The van der Waals surface area contributed by atoms with Crippen LogP contribution in [0.1, 0.15) is 25.3 Å². The molecular formula is C12H17ClN2O. The van der Waals surface area contributed by atoms with E-state index in [0.29, 0.717) is 11.2 Å². The van der Waals surface area contributed by atoms with E-state index in [1.807, 2.05) is 6.07 Å². The van der Waals surface area contributed by atoms with Gasteiger partial charge in [-0.15, -0.1) is 0 Å². The van der Waals surface area contributed by atoms with Crippen LogP contribution in [0.5, 0.6) is 5.75 Å². The molecule has 0 radical (unpaired) electrons. The van der Waals surface area contributed by atoms with Gasteiger partial charge in [-0.3, -0.25) is 0 Å². The van der Waals surface area contributed by atoms with Gasteiger partial charge in [0.25, 0.3) is 0 Å². The van der Waals surface area contributed by atoms with Crippen molar-refractivity contribution in [3.8, 4) is 5.75 Å². The van der Waals surface area contributed by atoms with Crippen LogP contribution < -0.4 is 10.1 Å². The number of hydrogen-bond donors (Lipinski definition) is 1. The van der Waals surface area contributed by atoms with Gasteiger partial charge in [-0.05, 0) is 31.0 Å². The fourth-order valence-corrected chi connectivity index (χ4v) is 1.88. The minimum absolute atomic E-state index is 0.505. The Hall–Kier alpha value is -0.800. The first-order valence-corrected chi connectivity index (χ1v) is 6.18. The second kappa shape index (κ2) is 5.51. The molecule has 16 heavy (non-hydrogen) atoms. The van der Waals surface area contributed by atoms with Crippen LogP contribution in [0.3, 0.4) is 0 Å². The standard InChI is InChI=1S/C12H17ClN2O/c1-2-3-9-6-11(7-15-12(9)13)16-8-10-4-5-14-10/h6-7,10,14H,2-5,8H2,1H3. The first-order valence-electron chi connectivity index (χ1n) is 5.80. The van der Waals surface area contributed by atoms with Crippen molar-refractivity contribution < 1.29 is 4.74 Å². The monoisotopic (exact) mass is 240 g/mol. The van der Waals surface area contributed by atoms with Crippen LogP contribution in [0.2, 0.25) is 5.15 Å². The van der Waals surface area contributed by atoms with Gasteiger partial charge in [-0.2, -0.15) is 0 Å². The van der Waals surface area contributed by atoms with Gasteiger partial charge in [-0.1, -0.05) is 24.9 Å². The van der Waals surface area contributed by atoms with Gasteiger partial charge in [0.2, 0.25) is 0 Å². The molecule has 0 bridgehead atoms. The Bertz CT molecular complexity index is 353. The molecule has 0 amide bonds. The molecule has 1 aromatic heterocycles. The maximum atomic E-state index is 6.00. The van der Waals surface area contributed by atoms with Gasteiger partial charge in [0.05, 0.1) is 6.20 Å². The number of nitrogens with zero attached hydrogens (tertiary/aromatic N) is 1. The Kier molecular flexibility index (Phi) is 4.02. The summed E-state index contributed by atoms with van der Waals surface area (Å²) in [6, 6.07) is 2.50.